The third-order valence-corrected chi connectivity index (χ3v) is 3.36. The summed E-state index contributed by atoms with van der Waals surface area (Å²) in [6, 6.07) is 11.8. The number of hydrogen-bond donors (Lipinski definition) is 2. The summed E-state index contributed by atoms with van der Waals surface area (Å²) in [5.41, 5.74) is 9.71. The molecule has 0 fully saturated rings. The molecule has 0 unspecified atom stereocenters. The summed E-state index contributed by atoms with van der Waals surface area (Å²) in [7, 11) is 0. The molecule has 0 radical (unpaired) electrons. The summed E-state index contributed by atoms with van der Waals surface area (Å²) in [4.78, 5) is 0. The SMILES string of the molecule is Cc1ccc(Nc2cc(N)cc(OC(C)C)c2)c(Br)c1. The first-order valence-corrected chi connectivity index (χ1v) is 7.34. The lowest BCUT2D eigenvalue weighted by atomic mass is 10.2. The standard InChI is InChI=1S/C16H19BrN2O/c1-10(2)20-14-8-12(18)7-13(9-14)19-16-5-4-11(3)6-15(16)17/h4-10,19H,18H2,1-3H3. The molecule has 0 aliphatic heterocycles. The van der Waals surface area contributed by atoms with Gasteiger partial charge in [0, 0.05) is 28.0 Å². The fourth-order valence-corrected chi connectivity index (χ4v) is 2.50. The van der Waals surface area contributed by atoms with E-state index in [1.54, 1.807) is 0 Å². The first kappa shape index (κ1) is 14.7. The van der Waals surface area contributed by atoms with Crippen LogP contribution >= 0.6 is 15.9 Å². The Hall–Kier alpha value is -1.68. The highest BCUT2D eigenvalue weighted by Gasteiger charge is 2.05. The van der Waals surface area contributed by atoms with E-state index >= 15 is 0 Å². The van der Waals surface area contributed by atoms with Crippen LogP contribution in [0.25, 0.3) is 0 Å². The van der Waals surface area contributed by atoms with Crippen molar-refractivity contribution in [3.05, 3.63) is 46.4 Å². The van der Waals surface area contributed by atoms with Gasteiger partial charge in [0.1, 0.15) is 5.75 Å². The fraction of sp³-hybridized carbons (Fsp3) is 0.250. The smallest absolute Gasteiger partial charge is 0.123 e. The molecule has 0 aliphatic rings. The first-order valence-electron chi connectivity index (χ1n) is 6.54. The molecule has 0 aliphatic carbocycles. The van der Waals surface area contributed by atoms with Gasteiger partial charge in [0.2, 0.25) is 0 Å². The van der Waals surface area contributed by atoms with Crippen LogP contribution < -0.4 is 15.8 Å². The van der Waals surface area contributed by atoms with Crippen LogP contribution in [0.15, 0.2) is 40.9 Å². The molecule has 4 heteroatoms. The Morgan fingerprint density at radius 1 is 1.15 bits per heavy atom. The van der Waals surface area contributed by atoms with E-state index in [9.17, 15) is 0 Å². The summed E-state index contributed by atoms with van der Waals surface area (Å²) in [6.45, 7) is 6.04. The van der Waals surface area contributed by atoms with Gasteiger partial charge in [-0.15, -0.1) is 0 Å². The van der Waals surface area contributed by atoms with Gasteiger partial charge >= 0.3 is 0 Å². The number of benzene rings is 2. The number of rotatable bonds is 4. The van der Waals surface area contributed by atoms with Crippen molar-refractivity contribution in [2.75, 3.05) is 11.1 Å². The van der Waals surface area contributed by atoms with Gasteiger partial charge in [-0.25, -0.2) is 0 Å². The van der Waals surface area contributed by atoms with Gasteiger partial charge in [-0.2, -0.15) is 0 Å². The number of nitrogens with two attached hydrogens (primary N) is 1. The maximum absolute atomic E-state index is 5.92. The molecule has 2 aromatic carbocycles. The zero-order valence-corrected chi connectivity index (χ0v) is 13.5. The summed E-state index contributed by atoms with van der Waals surface area (Å²) < 4.78 is 6.71. The van der Waals surface area contributed by atoms with Crippen LogP contribution in [-0.2, 0) is 0 Å². The molecule has 0 atom stereocenters. The topological polar surface area (TPSA) is 47.3 Å². The number of halogens is 1. The highest BCUT2D eigenvalue weighted by atomic mass is 79.9. The van der Waals surface area contributed by atoms with E-state index in [-0.39, 0.29) is 6.10 Å². The Labute approximate surface area is 128 Å². The Kier molecular flexibility index (Phi) is 4.55. The van der Waals surface area contributed by atoms with Crippen LogP contribution in [0.4, 0.5) is 17.1 Å². The third kappa shape index (κ3) is 3.90. The predicted octanol–water partition coefficient (Wildman–Crippen LogP) is 4.87. The molecule has 0 spiro atoms. The molecule has 0 bridgehead atoms. The van der Waals surface area contributed by atoms with Crippen molar-refractivity contribution in [3.8, 4) is 5.75 Å². The summed E-state index contributed by atoms with van der Waals surface area (Å²) in [5.74, 6) is 0.769. The van der Waals surface area contributed by atoms with Gasteiger partial charge in [0.15, 0.2) is 0 Å². The van der Waals surface area contributed by atoms with E-state index in [0.29, 0.717) is 5.69 Å². The van der Waals surface area contributed by atoms with Crippen molar-refractivity contribution >= 4 is 33.0 Å². The maximum atomic E-state index is 5.92. The molecule has 2 aromatic rings. The highest BCUT2D eigenvalue weighted by Crippen LogP contribution is 2.30. The van der Waals surface area contributed by atoms with Crippen LogP contribution in [-0.4, -0.2) is 6.10 Å². The van der Waals surface area contributed by atoms with Crippen molar-refractivity contribution in [3.63, 3.8) is 0 Å². The molecule has 3 nitrogen and oxygen atoms in total. The van der Waals surface area contributed by atoms with E-state index in [2.05, 4.69) is 40.3 Å². The van der Waals surface area contributed by atoms with E-state index in [1.807, 2.05) is 38.1 Å². The minimum absolute atomic E-state index is 0.121. The normalized spacial score (nSPS) is 10.7. The maximum Gasteiger partial charge on any atom is 0.123 e. The van der Waals surface area contributed by atoms with Gasteiger partial charge in [0.05, 0.1) is 11.8 Å². The van der Waals surface area contributed by atoms with Crippen LogP contribution in [0.3, 0.4) is 0 Å². The molecule has 3 N–H and O–H groups in total. The average Bonchev–Trinajstić information content (AvgIpc) is 2.31. The van der Waals surface area contributed by atoms with Crippen molar-refractivity contribution in [1.82, 2.24) is 0 Å². The van der Waals surface area contributed by atoms with Crippen molar-refractivity contribution in [1.29, 1.82) is 0 Å². The van der Waals surface area contributed by atoms with E-state index in [1.165, 1.54) is 5.56 Å². The van der Waals surface area contributed by atoms with Crippen LogP contribution in [0.2, 0.25) is 0 Å². The average molecular weight is 335 g/mol. The number of ether oxygens (including phenoxy) is 1. The fourth-order valence-electron chi connectivity index (χ4n) is 1.91. The van der Waals surface area contributed by atoms with Crippen molar-refractivity contribution in [2.24, 2.45) is 0 Å². The van der Waals surface area contributed by atoms with Crippen LogP contribution in [0.1, 0.15) is 19.4 Å². The Morgan fingerprint density at radius 3 is 2.55 bits per heavy atom. The van der Waals surface area contributed by atoms with Crippen LogP contribution in [0, 0.1) is 6.92 Å². The highest BCUT2D eigenvalue weighted by molar-refractivity contribution is 9.10. The van der Waals surface area contributed by atoms with Gasteiger partial charge in [-0.1, -0.05) is 6.07 Å². The quantitative estimate of drug-likeness (QED) is 0.784. The number of anilines is 3. The van der Waals surface area contributed by atoms with Gasteiger partial charge < -0.3 is 15.8 Å². The minimum atomic E-state index is 0.121. The minimum Gasteiger partial charge on any atom is -0.491 e. The lowest BCUT2D eigenvalue weighted by Crippen LogP contribution is -2.06. The lowest BCUT2D eigenvalue weighted by Gasteiger charge is -2.14. The number of nitrogens with one attached hydrogen (secondary N) is 1. The third-order valence-electron chi connectivity index (χ3n) is 2.70. The number of hydrogen-bond acceptors (Lipinski definition) is 3. The van der Waals surface area contributed by atoms with Gasteiger partial charge in [0.25, 0.3) is 0 Å². The predicted molar refractivity (Wildman–Crippen MR) is 88.8 cm³/mol. The zero-order valence-electron chi connectivity index (χ0n) is 11.9. The molecule has 0 amide bonds. The number of aryl methyl sites for hydroxylation is 1. The molecule has 0 aromatic heterocycles. The van der Waals surface area contributed by atoms with Gasteiger partial charge in [-0.05, 0) is 60.5 Å². The van der Waals surface area contributed by atoms with E-state index in [4.69, 9.17) is 10.5 Å². The summed E-state index contributed by atoms with van der Waals surface area (Å²) in [5, 5.41) is 3.35. The van der Waals surface area contributed by atoms with Gasteiger partial charge in [-0.3, -0.25) is 0 Å². The molecular weight excluding hydrogens is 316 g/mol. The second-order valence-corrected chi connectivity index (χ2v) is 5.92. The largest absolute Gasteiger partial charge is 0.491 e. The molecule has 20 heavy (non-hydrogen) atoms. The Bertz CT molecular complexity index is 611. The molecule has 0 heterocycles. The van der Waals surface area contributed by atoms with Crippen LogP contribution in [0.5, 0.6) is 5.75 Å². The summed E-state index contributed by atoms with van der Waals surface area (Å²) in [6.07, 6.45) is 0.121. The molecular formula is C16H19BrN2O. The first-order chi connectivity index (χ1) is 9.44. The lowest BCUT2D eigenvalue weighted by molar-refractivity contribution is 0.242. The van der Waals surface area contributed by atoms with E-state index < -0.39 is 0 Å². The second-order valence-electron chi connectivity index (χ2n) is 5.07. The Balaban J connectivity index is 2.26. The van der Waals surface area contributed by atoms with Crippen molar-refractivity contribution in [2.45, 2.75) is 26.9 Å². The molecule has 2 rings (SSSR count). The molecule has 0 saturated carbocycles. The van der Waals surface area contributed by atoms with E-state index in [0.717, 1.165) is 21.6 Å². The monoisotopic (exact) mass is 334 g/mol. The molecule has 0 saturated heterocycles. The summed E-state index contributed by atoms with van der Waals surface area (Å²) >= 11 is 3.56. The second kappa shape index (κ2) is 6.18. The number of nitrogen functional groups attached to an aromatic ring is 1. The Morgan fingerprint density at radius 2 is 1.90 bits per heavy atom. The zero-order chi connectivity index (χ0) is 14.7. The van der Waals surface area contributed by atoms with Crippen molar-refractivity contribution < 1.29 is 4.74 Å². The molecule has 106 valence electrons.